The zero-order valence-electron chi connectivity index (χ0n) is 14.4. The summed E-state index contributed by atoms with van der Waals surface area (Å²) in [5.74, 6) is 0.912. The van der Waals surface area contributed by atoms with E-state index in [9.17, 15) is 0 Å². The molecule has 3 heteroatoms. The molecular formula is C18H34N2O. The molecule has 1 aliphatic heterocycles. The number of methoxy groups -OCH3 is 1. The van der Waals surface area contributed by atoms with Crippen molar-refractivity contribution in [1.29, 1.82) is 0 Å². The van der Waals surface area contributed by atoms with E-state index in [1.54, 1.807) is 0 Å². The Kier molecular flexibility index (Phi) is 4.63. The average molecular weight is 294 g/mol. The summed E-state index contributed by atoms with van der Waals surface area (Å²) in [7, 11) is 1.87. The van der Waals surface area contributed by atoms with E-state index in [2.05, 4.69) is 31.0 Å². The Hall–Kier alpha value is -0.120. The van der Waals surface area contributed by atoms with Crippen molar-refractivity contribution >= 4 is 0 Å². The summed E-state index contributed by atoms with van der Waals surface area (Å²) in [6.45, 7) is 9.57. The molecule has 0 aromatic rings. The molecule has 3 rings (SSSR count). The second kappa shape index (κ2) is 6.17. The molecule has 3 nitrogen and oxygen atoms in total. The Balaban J connectivity index is 1.64. The minimum Gasteiger partial charge on any atom is -0.381 e. The van der Waals surface area contributed by atoms with E-state index in [-0.39, 0.29) is 0 Å². The summed E-state index contributed by atoms with van der Waals surface area (Å²) < 4.78 is 5.66. The second-order valence-corrected chi connectivity index (χ2v) is 8.26. The van der Waals surface area contributed by atoms with Gasteiger partial charge in [0.25, 0.3) is 0 Å². The van der Waals surface area contributed by atoms with Gasteiger partial charge in [-0.3, -0.25) is 4.90 Å². The van der Waals surface area contributed by atoms with Crippen LogP contribution < -0.4 is 5.32 Å². The molecule has 21 heavy (non-hydrogen) atoms. The van der Waals surface area contributed by atoms with Gasteiger partial charge in [-0.1, -0.05) is 33.1 Å². The highest BCUT2D eigenvalue weighted by Gasteiger charge is 2.53. The first-order valence-corrected chi connectivity index (χ1v) is 9.06. The maximum absolute atomic E-state index is 5.66. The molecule has 1 N–H and O–H groups in total. The lowest BCUT2D eigenvalue weighted by Crippen LogP contribution is -2.69. The summed E-state index contributed by atoms with van der Waals surface area (Å²) in [6.07, 6.45) is 8.87. The first kappa shape index (κ1) is 15.8. The Morgan fingerprint density at radius 3 is 2.48 bits per heavy atom. The molecule has 4 atom stereocenters. The van der Waals surface area contributed by atoms with E-state index in [1.807, 2.05) is 7.11 Å². The van der Waals surface area contributed by atoms with Crippen LogP contribution >= 0.6 is 0 Å². The third-order valence-corrected chi connectivity index (χ3v) is 6.68. The zero-order valence-corrected chi connectivity index (χ0v) is 14.4. The fourth-order valence-electron chi connectivity index (χ4n) is 5.02. The quantitative estimate of drug-likeness (QED) is 0.866. The number of nitrogens with zero attached hydrogens (tertiary/aromatic N) is 1. The number of nitrogens with one attached hydrogen (secondary N) is 1. The van der Waals surface area contributed by atoms with Gasteiger partial charge in [-0.05, 0) is 32.1 Å². The molecule has 0 spiro atoms. The molecule has 3 aliphatic rings. The van der Waals surface area contributed by atoms with E-state index in [1.165, 1.54) is 45.1 Å². The summed E-state index contributed by atoms with van der Waals surface area (Å²) in [5, 5.41) is 3.85. The van der Waals surface area contributed by atoms with Crippen LogP contribution in [0, 0.1) is 11.3 Å². The van der Waals surface area contributed by atoms with Crippen LogP contribution in [0.4, 0.5) is 0 Å². The van der Waals surface area contributed by atoms with Crippen LogP contribution in [0.3, 0.4) is 0 Å². The number of rotatable bonds is 3. The molecule has 0 radical (unpaired) electrons. The van der Waals surface area contributed by atoms with Gasteiger partial charge >= 0.3 is 0 Å². The van der Waals surface area contributed by atoms with Crippen LogP contribution in [0.2, 0.25) is 0 Å². The standard InChI is InChI=1S/C18H34N2O/c1-13-11-19-15(14-8-6-5-7-9-14)12-20(13)16-10-17(21-4)18(16,2)3/h13-17,19H,5-12H2,1-4H3. The van der Waals surface area contributed by atoms with Gasteiger partial charge in [-0.15, -0.1) is 0 Å². The predicted molar refractivity (Wildman–Crippen MR) is 87.5 cm³/mol. The molecule has 0 aromatic carbocycles. The van der Waals surface area contributed by atoms with Crippen LogP contribution in [0.5, 0.6) is 0 Å². The van der Waals surface area contributed by atoms with Gasteiger partial charge < -0.3 is 10.1 Å². The minimum absolute atomic E-state index is 0.303. The number of hydrogen-bond donors (Lipinski definition) is 1. The Morgan fingerprint density at radius 2 is 1.86 bits per heavy atom. The van der Waals surface area contributed by atoms with Crippen molar-refractivity contribution in [1.82, 2.24) is 10.2 Å². The number of hydrogen-bond acceptors (Lipinski definition) is 3. The lowest BCUT2D eigenvalue weighted by atomic mass is 9.63. The van der Waals surface area contributed by atoms with Gasteiger partial charge in [0.2, 0.25) is 0 Å². The lowest BCUT2D eigenvalue weighted by molar-refractivity contribution is -0.152. The molecule has 1 saturated heterocycles. The normalized spacial score (nSPS) is 41.7. The maximum Gasteiger partial charge on any atom is 0.0652 e. The van der Waals surface area contributed by atoms with E-state index < -0.39 is 0 Å². The highest BCUT2D eigenvalue weighted by atomic mass is 16.5. The number of ether oxygens (including phenoxy) is 1. The third-order valence-electron chi connectivity index (χ3n) is 6.68. The lowest BCUT2D eigenvalue weighted by Gasteiger charge is -2.59. The van der Waals surface area contributed by atoms with Crippen LogP contribution in [0.1, 0.15) is 59.3 Å². The first-order valence-electron chi connectivity index (χ1n) is 9.06. The van der Waals surface area contributed by atoms with Crippen LogP contribution in [-0.2, 0) is 4.74 Å². The highest BCUT2D eigenvalue weighted by Crippen LogP contribution is 2.46. The summed E-state index contributed by atoms with van der Waals surface area (Å²) in [4.78, 5) is 2.80. The van der Waals surface area contributed by atoms with Crippen molar-refractivity contribution in [3.63, 3.8) is 0 Å². The van der Waals surface area contributed by atoms with Crippen molar-refractivity contribution in [2.45, 2.75) is 83.5 Å². The molecule has 0 aromatic heterocycles. The zero-order chi connectivity index (χ0) is 15.0. The molecule has 4 unspecified atom stereocenters. The predicted octanol–water partition coefficient (Wildman–Crippen LogP) is 3.04. The van der Waals surface area contributed by atoms with Gasteiger partial charge in [0.1, 0.15) is 0 Å². The molecule has 2 saturated carbocycles. The first-order chi connectivity index (χ1) is 10.0. The molecule has 122 valence electrons. The van der Waals surface area contributed by atoms with E-state index in [0.29, 0.717) is 23.6 Å². The molecule has 3 fully saturated rings. The van der Waals surface area contributed by atoms with Crippen LogP contribution in [-0.4, -0.2) is 49.3 Å². The Labute approximate surface area is 130 Å². The fraction of sp³-hybridized carbons (Fsp3) is 1.00. The van der Waals surface area contributed by atoms with E-state index in [0.717, 1.165) is 18.5 Å². The number of piperazine rings is 1. The highest BCUT2D eigenvalue weighted by molar-refractivity contribution is 5.06. The van der Waals surface area contributed by atoms with Crippen LogP contribution in [0.15, 0.2) is 0 Å². The van der Waals surface area contributed by atoms with E-state index >= 15 is 0 Å². The van der Waals surface area contributed by atoms with Gasteiger partial charge in [0.05, 0.1) is 6.10 Å². The van der Waals surface area contributed by atoms with Crippen LogP contribution in [0.25, 0.3) is 0 Å². The van der Waals surface area contributed by atoms with Crippen molar-refractivity contribution in [3.8, 4) is 0 Å². The topological polar surface area (TPSA) is 24.5 Å². The van der Waals surface area contributed by atoms with Crippen molar-refractivity contribution in [2.24, 2.45) is 11.3 Å². The Morgan fingerprint density at radius 1 is 1.14 bits per heavy atom. The summed E-state index contributed by atoms with van der Waals surface area (Å²) >= 11 is 0. The minimum atomic E-state index is 0.303. The maximum atomic E-state index is 5.66. The second-order valence-electron chi connectivity index (χ2n) is 8.26. The summed E-state index contributed by atoms with van der Waals surface area (Å²) in [5.41, 5.74) is 0.303. The largest absolute Gasteiger partial charge is 0.381 e. The third kappa shape index (κ3) is 2.89. The van der Waals surface area contributed by atoms with Gasteiger partial charge in [0.15, 0.2) is 0 Å². The Bertz CT molecular complexity index is 351. The van der Waals surface area contributed by atoms with Crippen molar-refractivity contribution in [2.75, 3.05) is 20.2 Å². The molecular weight excluding hydrogens is 260 g/mol. The van der Waals surface area contributed by atoms with Crippen molar-refractivity contribution < 1.29 is 4.74 Å². The van der Waals surface area contributed by atoms with Gasteiger partial charge in [-0.2, -0.15) is 0 Å². The molecule has 0 bridgehead atoms. The molecule has 2 aliphatic carbocycles. The SMILES string of the molecule is COC1CC(N2CC(C3CCCCC3)NCC2C)C1(C)C. The molecule has 0 amide bonds. The average Bonchev–Trinajstić information content (AvgIpc) is 2.49. The summed E-state index contributed by atoms with van der Waals surface area (Å²) in [6, 6.07) is 2.08. The fourth-order valence-corrected chi connectivity index (χ4v) is 5.02. The van der Waals surface area contributed by atoms with E-state index in [4.69, 9.17) is 4.74 Å². The van der Waals surface area contributed by atoms with Crippen molar-refractivity contribution in [3.05, 3.63) is 0 Å². The van der Waals surface area contributed by atoms with Gasteiger partial charge in [0, 0.05) is 43.7 Å². The smallest absolute Gasteiger partial charge is 0.0652 e. The van der Waals surface area contributed by atoms with Gasteiger partial charge in [-0.25, -0.2) is 0 Å². The molecule has 1 heterocycles. The monoisotopic (exact) mass is 294 g/mol.